The van der Waals surface area contributed by atoms with E-state index in [9.17, 15) is 9.59 Å². The molecule has 0 rings (SSSR count). The maximum atomic E-state index is 11.6. The summed E-state index contributed by atoms with van der Waals surface area (Å²) in [6, 6.07) is -0.292. The van der Waals surface area contributed by atoms with Crippen LogP contribution in [0.2, 0.25) is 0 Å². The van der Waals surface area contributed by atoms with Crippen molar-refractivity contribution in [3.05, 3.63) is 0 Å². The molecule has 82 valence electrons. The lowest BCUT2D eigenvalue weighted by Crippen LogP contribution is -2.54. The fourth-order valence-electron chi connectivity index (χ4n) is 0.774. The molecule has 0 saturated carbocycles. The highest BCUT2D eigenvalue weighted by Gasteiger charge is 2.36. The van der Waals surface area contributed by atoms with E-state index < -0.39 is 11.5 Å². The van der Waals surface area contributed by atoms with Gasteiger partial charge >= 0.3 is 12.0 Å². The first-order chi connectivity index (χ1) is 6.25. The summed E-state index contributed by atoms with van der Waals surface area (Å²) >= 11 is 0. The number of amides is 2. The molecule has 0 unspecified atom stereocenters. The van der Waals surface area contributed by atoms with Crippen LogP contribution in [0.4, 0.5) is 4.79 Å². The molecule has 0 fully saturated rings. The molecule has 0 aliphatic heterocycles. The number of likely N-dealkylation sites (N-methyl/N-ethyl adjacent to an activating group) is 1. The number of carboxylic acid groups (broad SMARTS) is 1. The molecular formula is C9H18N2O3. The Morgan fingerprint density at radius 3 is 2.00 bits per heavy atom. The number of nitrogens with zero attached hydrogens (tertiary/aromatic N) is 2. The normalized spacial score (nSPS) is 10.9. The summed E-state index contributed by atoms with van der Waals surface area (Å²) in [4.78, 5) is 25.2. The van der Waals surface area contributed by atoms with Crippen LogP contribution in [0.1, 0.15) is 20.8 Å². The second kappa shape index (κ2) is 4.30. The molecule has 0 aromatic heterocycles. The number of rotatable bonds is 3. The van der Waals surface area contributed by atoms with Gasteiger partial charge in [-0.3, -0.25) is 0 Å². The summed E-state index contributed by atoms with van der Waals surface area (Å²) in [6.07, 6.45) is 0. The molecule has 0 saturated heterocycles. The maximum Gasteiger partial charge on any atom is 0.329 e. The average molecular weight is 202 g/mol. The van der Waals surface area contributed by atoms with Crippen molar-refractivity contribution < 1.29 is 14.7 Å². The fourth-order valence-corrected chi connectivity index (χ4v) is 0.774. The van der Waals surface area contributed by atoms with E-state index in [2.05, 4.69) is 0 Å². The van der Waals surface area contributed by atoms with Crippen molar-refractivity contribution in [2.45, 2.75) is 26.3 Å². The van der Waals surface area contributed by atoms with Gasteiger partial charge in [0.05, 0.1) is 0 Å². The standard InChI is InChI=1S/C9H18N2O3/c1-6-10(4)8(14)11(5)9(2,3)7(12)13/h6H2,1-5H3,(H,12,13). The van der Waals surface area contributed by atoms with Gasteiger partial charge in [-0.2, -0.15) is 0 Å². The van der Waals surface area contributed by atoms with Crippen molar-refractivity contribution in [1.29, 1.82) is 0 Å². The van der Waals surface area contributed by atoms with E-state index in [-0.39, 0.29) is 6.03 Å². The van der Waals surface area contributed by atoms with Gasteiger partial charge in [0.25, 0.3) is 0 Å². The highest BCUT2D eigenvalue weighted by atomic mass is 16.4. The quantitative estimate of drug-likeness (QED) is 0.738. The molecule has 0 aliphatic rings. The van der Waals surface area contributed by atoms with Crippen LogP contribution in [0.15, 0.2) is 0 Å². The zero-order chi connectivity index (χ0) is 11.5. The third-order valence-electron chi connectivity index (χ3n) is 2.45. The molecule has 0 aromatic rings. The highest BCUT2D eigenvalue weighted by molar-refractivity contribution is 5.85. The monoisotopic (exact) mass is 202 g/mol. The molecular weight excluding hydrogens is 184 g/mol. The number of carbonyl (C=O) groups excluding carboxylic acids is 1. The molecule has 1 N–H and O–H groups in total. The smallest absolute Gasteiger partial charge is 0.329 e. The van der Waals surface area contributed by atoms with Crippen LogP contribution in [0.25, 0.3) is 0 Å². The van der Waals surface area contributed by atoms with Crippen LogP contribution >= 0.6 is 0 Å². The Morgan fingerprint density at radius 2 is 1.71 bits per heavy atom. The van der Waals surface area contributed by atoms with E-state index in [0.717, 1.165) is 0 Å². The largest absolute Gasteiger partial charge is 0.480 e. The second-order valence-electron chi connectivity index (χ2n) is 3.72. The summed E-state index contributed by atoms with van der Waals surface area (Å²) in [5.41, 5.74) is -1.18. The van der Waals surface area contributed by atoms with Gasteiger partial charge in [0.2, 0.25) is 0 Å². The molecule has 14 heavy (non-hydrogen) atoms. The molecule has 0 aromatic carbocycles. The summed E-state index contributed by atoms with van der Waals surface area (Å²) in [6.45, 7) is 5.38. The third kappa shape index (κ3) is 2.37. The van der Waals surface area contributed by atoms with E-state index in [4.69, 9.17) is 5.11 Å². The van der Waals surface area contributed by atoms with Gasteiger partial charge in [0.1, 0.15) is 5.54 Å². The Balaban J connectivity index is 4.69. The Hall–Kier alpha value is -1.26. The van der Waals surface area contributed by atoms with Gasteiger partial charge in [-0.25, -0.2) is 9.59 Å². The van der Waals surface area contributed by atoms with Gasteiger partial charge in [-0.15, -0.1) is 0 Å². The average Bonchev–Trinajstić information content (AvgIpc) is 2.13. The van der Waals surface area contributed by atoms with Gasteiger partial charge in [0.15, 0.2) is 0 Å². The maximum absolute atomic E-state index is 11.6. The van der Waals surface area contributed by atoms with Crippen LogP contribution < -0.4 is 0 Å². The Kier molecular flexibility index (Phi) is 3.92. The van der Waals surface area contributed by atoms with E-state index in [1.807, 2.05) is 6.92 Å². The predicted molar refractivity (Wildman–Crippen MR) is 53.2 cm³/mol. The van der Waals surface area contributed by atoms with Crippen LogP contribution in [-0.2, 0) is 4.79 Å². The van der Waals surface area contributed by atoms with E-state index in [0.29, 0.717) is 6.54 Å². The second-order valence-corrected chi connectivity index (χ2v) is 3.72. The minimum absolute atomic E-state index is 0.292. The van der Waals surface area contributed by atoms with Crippen molar-refractivity contribution in [3.63, 3.8) is 0 Å². The van der Waals surface area contributed by atoms with Crippen molar-refractivity contribution in [3.8, 4) is 0 Å². The lowest BCUT2D eigenvalue weighted by atomic mass is 10.0. The highest BCUT2D eigenvalue weighted by Crippen LogP contribution is 2.13. The number of carbonyl (C=O) groups is 2. The molecule has 5 nitrogen and oxygen atoms in total. The topological polar surface area (TPSA) is 60.9 Å². The molecule has 0 heterocycles. The first kappa shape index (κ1) is 12.7. The summed E-state index contributed by atoms with van der Waals surface area (Å²) in [7, 11) is 3.12. The SMILES string of the molecule is CCN(C)C(=O)N(C)C(C)(C)C(=O)O. The molecule has 0 atom stereocenters. The van der Waals surface area contributed by atoms with Crippen molar-refractivity contribution in [2.75, 3.05) is 20.6 Å². The minimum atomic E-state index is -1.18. The number of carboxylic acids is 1. The van der Waals surface area contributed by atoms with Crippen LogP contribution in [0.5, 0.6) is 0 Å². The molecule has 0 radical (unpaired) electrons. The molecule has 0 bridgehead atoms. The summed E-state index contributed by atoms with van der Waals surface area (Å²) in [5.74, 6) is -1.02. The van der Waals surface area contributed by atoms with Crippen LogP contribution in [0, 0.1) is 0 Å². The Morgan fingerprint density at radius 1 is 1.29 bits per heavy atom. The van der Waals surface area contributed by atoms with Crippen LogP contribution in [-0.4, -0.2) is 53.1 Å². The number of hydrogen-bond acceptors (Lipinski definition) is 2. The fraction of sp³-hybridized carbons (Fsp3) is 0.778. The van der Waals surface area contributed by atoms with Gasteiger partial charge in [-0.1, -0.05) is 0 Å². The number of urea groups is 1. The number of hydrogen-bond donors (Lipinski definition) is 1. The lowest BCUT2D eigenvalue weighted by molar-refractivity contribution is -0.147. The van der Waals surface area contributed by atoms with E-state index in [1.54, 1.807) is 7.05 Å². The lowest BCUT2D eigenvalue weighted by Gasteiger charge is -2.34. The predicted octanol–water partition coefficient (Wildman–Crippen LogP) is 0.853. The third-order valence-corrected chi connectivity index (χ3v) is 2.45. The van der Waals surface area contributed by atoms with Crippen molar-refractivity contribution in [1.82, 2.24) is 9.80 Å². The molecule has 2 amide bonds. The van der Waals surface area contributed by atoms with Crippen LogP contribution in [0.3, 0.4) is 0 Å². The van der Waals surface area contributed by atoms with E-state index in [1.165, 1.54) is 30.7 Å². The van der Waals surface area contributed by atoms with Gasteiger partial charge < -0.3 is 14.9 Å². The van der Waals surface area contributed by atoms with Gasteiger partial charge in [0, 0.05) is 20.6 Å². The number of aliphatic carboxylic acids is 1. The zero-order valence-corrected chi connectivity index (χ0v) is 9.37. The molecule has 0 aliphatic carbocycles. The summed E-state index contributed by atoms with van der Waals surface area (Å²) in [5, 5.41) is 8.90. The zero-order valence-electron chi connectivity index (χ0n) is 9.37. The van der Waals surface area contributed by atoms with Gasteiger partial charge in [-0.05, 0) is 20.8 Å². The molecule has 5 heteroatoms. The summed E-state index contributed by atoms with van der Waals surface area (Å²) < 4.78 is 0. The first-order valence-corrected chi connectivity index (χ1v) is 4.47. The van der Waals surface area contributed by atoms with E-state index >= 15 is 0 Å². The first-order valence-electron chi connectivity index (χ1n) is 4.47. The Labute approximate surface area is 84.3 Å². The van der Waals surface area contributed by atoms with Crippen molar-refractivity contribution in [2.24, 2.45) is 0 Å². The van der Waals surface area contributed by atoms with Crippen molar-refractivity contribution >= 4 is 12.0 Å². The molecule has 0 spiro atoms. The minimum Gasteiger partial charge on any atom is -0.480 e. The Bertz CT molecular complexity index is 238.